The Hall–Kier alpha value is -0.300. The van der Waals surface area contributed by atoms with Gasteiger partial charge in [0.15, 0.2) is 0 Å². The Morgan fingerprint density at radius 2 is 2.15 bits per heavy atom. The maximum absolute atomic E-state index is 11.8. The molecule has 1 rings (SSSR count). The van der Waals surface area contributed by atoms with Crippen LogP contribution in [0.25, 0.3) is 0 Å². The number of rotatable bonds is 4. The predicted molar refractivity (Wildman–Crippen MR) is 40.6 cm³/mol. The van der Waals surface area contributed by atoms with Gasteiger partial charge in [0.1, 0.15) is 6.10 Å². The molecule has 0 saturated carbocycles. The van der Waals surface area contributed by atoms with Gasteiger partial charge in [-0.15, -0.1) is 0 Å². The summed E-state index contributed by atoms with van der Waals surface area (Å²) >= 11 is 0. The zero-order valence-corrected chi connectivity index (χ0v) is 6.99. The SMILES string of the molecule is OC(CNC1COCC1O)C(F)F. The topological polar surface area (TPSA) is 61.7 Å². The predicted octanol–water partition coefficient (Wildman–Crippen LogP) is -1.04. The lowest BCUT2D eigenvalue weighted by Crippen LogP contribution is -2.44. The summed E-state index contributed by atoms with van der Waals surface area (Å²) in [6.07, 6.45) is -5.12. The second-order valence-electron chi connectivity index (χ2n) is 3.02. The third-order valence-electron chi connectivity index (χ3n) is 1.93. The van der Waals surface area contributed by atoms with E-state index < -0.39 is 18.6 Å². The average Bonchev–Trinajstić information content (AvgIpc) is 2.47. The van der Waals surface area contributed by atoms with Crippen molar-refractivity contribution in [2.24, 2.45) is 0 Å². The maximum Gasteiger partial charge on any atom is 0.265 e. The third kappa shape index (κ3) is 3.15. The fraction of sp³-hybridized carbons (Fsp3) is 1.00. The first-order chi connectivity index (χ1) is 6.11. The van der Waals surface area contributed by atoms with E-state index >= 15 is 0 Å². The number of hydrogen-bond donors (Lipinski definition) is 3. The van der Waals surface area contributed by atoms with E-state index in [1.165, 1.54) is 0 Å². The second-order valence-corrected chi connectivity index (χ2v) is 3.02. The number of ether oxygens (including phenoxy) is 1. The molecule has 3 atom stereocenters. The van der Waals surface area contributed by atoms with E-state index in [1.807, 2.05) is 0 Å². The van der Waals surface area contributed by atoms with E-state index in [2.05, 4.69) is 5.32 Å². The van der Waals surface area contributed by atoms with E-state index in [4.69, 9.17) is 9.84 Å². The van der Waals surface area contributed by atoms with E-state index in [0.29, 0.717) is 0 Å². The molecule has 0 aromatic carbocycles. The molecule has 1 saturated heterocycles. The molecule has 1 aliphatic heterocycles. The van der Waals surface area contributed by atoms with Crippen LogP contribution in [0.1, 0.15) is 0 Å². The van der Waals surface area contributed by atoms with Crippen molar-refractivity contribution >= 4 is 0 Å². The molecule has 1 heterocycles. The molecular weight excluding hydrogens is 184 g/mol. The first-order valence-corrected chi connectivity index (χ1v) is 4.06. The van der Waals surface area contributed by atoms with Crippen molar-refractivity contribution in [2.75, 3.05) is 19.8 Å². The van der Waals surface area contributed by atoms with Gasteiger partial charge < -0.3 is 20.3 Å². The molecule has 3 N–H and O–H groups in total. The van der Waals surface area contributed by atoms with Crippen LogP contribution in [0.3, 0.4) is 0 Å². The number of aliphatic hydroxyl groups excluding tert-OH is 2. The fourth-order valence-corrected chi connectivity index (χ4v) is 1.10. The monoisotopic (exact) mass is 197 g/mol. The summed E-state index contributed by atoms with van der Waals surface area (Å²) in [5.74, 6) is 0. The number of halogens is 2. The van der Waals surface area contributed by atoms with Crippen LogP contribution >= 0.6 is 0 Å². The summed E-state index contributed by atoms with van der Waals surface area (Å²) in [6, 6.07) is -0.353. The summed E-state index contributed by atoms with van der Waals surface area (Å²) < 4.78 is 28.5. The van der Waals surface area contributed by atoms with Crippen LogP contribution in [-0.2, 0) is 4.74 Å². The summed E-state index contributed by atoms with van der Waals surface area (Å²) in [4.78, 5) is 0. The van der Waals surface area contributed by atoms with Gasteiger partial charge in [0, 0.05) is 6.54 Å². The van der Waals surface area contributed by atoms with Crippen LogP contribution in [0.4, 0.5) is 8.78 Å². The average molecular weight is 197 g/mol. The van der Waals surface area contributed by atoms with E-state index in [-0.39, 0.29) is 25.8 Å². The van der Waals surface area contributed by atoms with Crippen molar-refractivity contribution in [2.45, 2.75) is 24.7 Å². The minimum Gasteiger partial charge on any atom is -0.389 e. The van der Waals surface area contributed by atoms with Crippen LogP contribution < -0.4 is 5.32 Å². The minimum absolute atomic E-state index is 0.211. The highest BCUT2D eigenvalue weighted by Gasteiger charge is 2.27. The molecule has 0 bridgehead atoms. The zero-order chi connectivity index (χ0) is 9.84. The standard InChI is InChI=1S/C7H13F2NO3/c8-7(9)5(11)1-10-4-2-13-3-6(4)12/h4-7,10-12H,1-3H2. The molecular formula is C7H13F2NO3. The number of alkyl halides is 2. The first-order valence-electron chi connectivity index (χ1n) is 4.06. The maximum atomic E-state index is 11.8. The molecule has 3 unspecified atom stereocenters. The van der Waals surface area contributed by atoms with Gasteiger partial charge in [0.2, 0.25) is 0 Å². The summed E-state index contributed by atoms with van der Waals surface area (Å²) in [7, 11) is 0. The Morgan fingerprint density at radius 1 is 1.46 bits per heavy atom. The Kier molecular flexibility index (Phi) is 3.98. The van der Waals surface area contributed by atoms with Gasteiger partial charge in [-0.1, -0.05) is 0 Å². The van der Waals surface area contributed by atoms with Gasteiger partial charge in [-0.25, -0.2) is 8.78 Å². The molecule has 78 valence electrons. The molecule has 0 aliphatic carbocycles. The van der Waals surface area contributed by atoms with Gasteiger partial charge in [0.25, 0.3) is 6.43 Å². The van der Waals surface area contributed by atoms with Crippen molar-refractivity contribution in [1.29, 1.82) is 0 Å². The zero-order valence-electron chi connectivity index (χ0n) is 6.99. The quantitative estimate of drug-likeness (QED) is 0.539. The lowest BCUT2D eigenvalue weighted by atomic mass is 10.2. The highest BCUT2D eigenvalue weighted by Crippen LogP contribution is 2.06. The highest BCUT2D eigenvalue weighted by molar-refractivity contribution is 4.81. The summed E-state index contributed by atoms with van der Waals surface area (Å²) in [6.45, 7) is 0.266. The van der Waals surface area contributed by atoms with E-state index in [9.17, 15) is 13.9 Å². The van der Waals surface area contributed by atoms with E-state index in [1.54, 1.807) is 0 Å². The Bertz CT molecular complexity index is 159. The molecule has 0 radical (unpaired) electrons. The fourth-order valence-electron chi connectivity index (χ4n) is 1.10. The minimum atomic E-state index is -2.76. The smallest absolute Gasteiger partial charge is 0.265 e. The number of aliphatic hydroxyl groups is 2. The van der Waals surface area contributed by atoms with Crippen molar-refractivity contribution in [1.82, 2.24) is 5.32 Å². The Labute approximate surface area is 74.5 Å². The van der Waals surface area contributed by atoms with Crippen molar-refractivity contribution in [3.63, 3.8) is 0 Å². The summed E-state index contributed by atoms with van der Waals surface area (Å²) in [5.41, 5.74) is 0. The van der Waals surface area contributed by atoms with Gasteiger partial charge >= 0.3 is 0 Å². The Balaban J connectivity index is 2.18. The normalized spacial score (nSPS) is 31.2. The molecule has 1 aliphatic rings. The largest absolute Gasteiger partial charge is 0.389 e. The van der Waals surface area contributed by atoms with Gasteiger partial charge in [-0.05, 0) is 0 Å². The van der Waals surface area contributed by atoms with Crippen LogP contribution in [0, 0.1) is 0 Å². The molecule has 0 amide bonds. The van der Waals surface area contributed by atoms with Crippen LogP contribution in [0.2, 0.25) is 0 Å². The molecule has 0 aromatic heterocycles. The van der Waals surface area contributed by atoms with Gasteiger partial charge in [0.05, 0.1) is 25.4 Å². The molecule has 6 heteroatoms. The number of nitrogens with one attached hydrogen (secondary N) is 1. The molecule has 4 nitrogen and oxygen atoms in total. The number of hydrogen-bond acceptors (Lipinski definition) is 4. The second kappa shape index (κ2) is 4.80. The van der Waals surface area contributed by atoms with Gasteiger partial charge in [-0.2, -0.15) is 0 Å². The van der Waals surface area contributed by atoms with Crippen LogP contribution in [0.15, 0.2) is 0 Å². The van der Waals surface area contributed by atoms with Crippen molar-refractivity contribution in [3.8, 4) is 0 Å². The molecule has 0 aromatic rings. The molecule has 13 heavy (non-hydrogen) atoms. The first kappa shape index (κ1) is 10.8. The third-order valence-corrected chi connectivity index (χ3v) is 1.93. The lowest BCUT2D eigenvalue weighted by molar-refractivity contribution is -0.00635. The summed E-state index contributed by atoms with van der Waals surface area (Å²) in [5, 5.41) is 20.5. The van der Waals surface area contributed by atoms with Gasteiger partial charge in [-0.3, -0.25) is 0 Å². The molecule has 0 spiro atoms. The van der Waals surface area contributed by atoms with Crippen LogP contribution in [0.5, 0.6) is 0 Å². The Morgan fingerprint density at radius 3 is 2.62 bits per heavy atom. The van der Waals surface area contributed by atoms with E-state index in [0.717, 1.165) is 0 Å². The molecule has 1 fully saturated rings. The van der Waals surface area contributed by atoms with Crippen molar-refractivity contribution < 1.29 is 23.7 Å². The lowest BCUT2D eigenvalue weighted by Gasteiger charge is -2.16. The van der Waals surface area contributed by atoms with Crippen LogP contribution in [-0.4, -0.2) is 54.6 Å². The van der Waals surface area contributed by atoms with Crippen molar-refractivity contribution in [3.05, 3.63) is 0 Å². The highest BCUT2D eigenvalue weighted by atomic mass is 19.3.